The minimum atomic E-state index is 0.822. The second kappa shape index (κ2) is 6.90. The Bertz CT molecular complexity index is 181. The number of nitrogens with one attached hydrogen (secondary N) is 1. The van der Waals surface area contributed by atoms with Crippen LogP contribution in [0.25, 0.3) is 0 Å². The van der Waals surface area contributed by atoms with Crippen molar-refractivity contribution in [2.45, 2.75) is 57.9 Å². The highest BCUT2D eigenvalue weighted by Gasteiger charge is 2.21. The van der Waals surface area contributed by atoms with Crippen LogP contribution in [0.4, 0.5) is 0 Å². The maximum absolute atomic E-state index is 3.80. The zero-order valence-corrected chi connectivity index (χ0v) is 11.5. The monoisotopic (exact) mass is 241 g/mol. The van der Waals surface area contributed by atoms with Gasteiger partial charge in [-0.1, -0.05) is 26.2 Å². The molecule has 0 amide bonds. The first-order valence-electron chi connectivity index (χ1n) is 7.19. The summed E-state index contributed by atoms with van der Waals surface area (Å²) in [6.45, 7) is 3.64. The topological polar surface area (TPSA) is 12.0 Å². The van der Waals surface area contributed by atoms with Crippen molar-refractivity contribution in [3.05, 3.63) is 0 Å². The van der Waals surface area contributed by atoms with Crippen molar-refractivity contribution in [1.29, 1.82) is 0 Å². The van der Waals surface area contributed by atoms with Gasteiger partial charge in [-0.15, -0.1) is 0 Å². The SMILES string of the molecule is CCC1CCC(CNC2CCCSC2)CC1. The van der Waals surface area contributed by atoms with Crippen molar-refractivity contribution in [2.24, 2.45) is 11.8 Å². The molecule has 1 nitrogen and oxygen atoms in total. The standard InChI is InChI=1S/C14H27NS/c1-2-12-5-7-13(8-6-12)10-15-14-4-3-9-16-11-14/h12-15H,2-11H2,1H3. The molecule has 1 saturated carbocycles. The molecule has 1 aliphatic heterocycles. The molecule has 0 aromatic rings. The smallest absolute Gasteiger partial charge is 0.0158 e. The molecule has 2 heteroatoms. The molecule has 0 aromatic heterocycles. The summed E-state index contributed by atoms with van der Waals surface area (Å²) in [6.07, 6.45) is 10.2. The van der Waals surface area contributed by atoms with Crippen molar-refractivity contribution < 1.29 is 0 Å². The molecule has 1 N–H and O–H groups in total. The van der Waals surface area contributed by atoms with Crippen molar-refractivity contribution in [3.63, 3.8) is 0 Å². The van der Waals surface area contributed by atoms with E-state index < -0.39 is 0 Å². The van der Waals surface area contributed by atoms with E-state index in [1.807, 2.05) is 0 Å². The third kappa shape index (κ3) is 3.96. The largest absolute Gasteiger partial charge is 0.313 e. The first-order chi connectivity index (χ1) is 7.88. The van der Waals surface area contributed by atoms with E-state index in [0.717, 1.165) is 17.9 Å². The maximum Gasteiger partial charge on any atom is 0.0158 e. The zero-order valence-electron chi connectivity index (χ0n) is 10.7. The van der Waals surface area contributed by atoms with E-state index in [-0.39, 0.29) is 0 Å². The average Bonchev–Trinajstić information content (AvgIpc) is 2.38. The van der Waals surface area contributed by atoms with Gasteiger partial charge in [-0.25, -0.2) is 0 Å². The lowest BCUT2D eigenvalue weighted by Crippen LogP contribution is -2.37. The Morgan fingerprint density at radius 2 is 1.81 bits per heavy atom. The van der Waals surface area contributed by atoms with Crippen LogP contribution in [0.15, 0.2) is 0 Å². The van der Waals surface area contributed by atoms with Gasteiger partial charge in [-0.2, -0.15) is 11.8 Å². The highest BCUT2D eigenvalue weighted by molar-refractivity contribution is 7.99. The average molecular weight is 241 g/mol. The number of hydrogen-bond donors (Lipinski definition) is 1. The van der Waals surface area contributed by atoms with Crippen LogP contribution in [0.1, 0.15) is 51.9 Å². The van der Waals surface area contributed by atoms with Crippen LogP contribution in [0, 0.1) is 11.8 Å². The second-order valence-corrected chi connectivity index (χ2v) is 6.77. The van der Waals surface area contributed by atoms with Crippen molar-refractivity contribution in [2.75, 3.05) is 18.1 Å². The Kier molecular flexibility index (Phi) is 5.51. The summed E-state index contributed by atoms with van der Waals surface area (Å²) >= 11 is 2.13. The van der Waals surface area contributed by atoms with Crippen molar-refractivity contribution in [3.8, 4) is 0 Å². The zero-order chi connectivity index (χ0) is 11.2. The second-order valence-electron chi connectivity index (χ2n) is 5.62. The van der Waals surface area contributed by atoms with Gasteiger partial charge in [0.1, 0.15) is 0 Å². The normalized spacial score (nSPS) is 36.2. The van der Waals surface area contributed by atoms with Gasteiger partial charge >= 0.3 is 0 Å². The molecule has 1 aliphatic carbocycles. The summed E-state index contributed by atoms with van der Waals surface area (Å²) in [4.78, 5) is 0. The van der Waals surface area contributed by atoms with Gasteiger partial charge in [0, 0.05) is 11.8 Å². The molecule has 2 fully saturated rings. The molecule has 0 bridgehead atoms. The Balaban J connectivity index is 1.59. The molecule has 2 rings (SSSR count). The van der Waals surface area contributed by atoms with Crippen LogP contribution in [-0.4, -0.2) is 24.1 Å². The number of rotatable bonds is 4. The van der Waals surface area contributed by atoms with Gasteiger partial charge in [0.2, 0.25) is 0 Å². The Hall–Kier alpha value is 0.310. The summed E-state index contributed by atoms with van der Waals surface area (Å²) in [6, 6.07) is 0.822. The van der Waals surface area contributed by atoms with Crippen LogP contribution in [0.5, 0.6) is 0 Å². The lowest BCUT2D eigenvalue weighted by molar-refractivity contribution is 0.256. The summed E-state index contributed by atoms with van der Waals surface area (Å²) in [5, 5.41) is 3.80. The lowest BCUT2D eigenvalue weighted by atomic mass is 9.81. The molecule has 2 aliphatic rings. The molecule has 16 heavy (non-hydrogen) atoms. The van der Waals surface area contributed by atoms with Gasteiger partial charge in [0.25, 0.3) is 0 Å². The van der Waals surface area contributed by atoms with Gasteiger partial charge in [0.15, 0.2) is 0 Å². The molecular formula is C14H27NS. The Morgan fingerprint density at radius 3 is 2.44 bits per heavy atom. The summed E-state index contributed by atoms with van der Waals surface area (Å²) in [7, 11) is 0. The van der Waals surface area contributed by atoms with Crippen LogP contribution < -0.4 is 5.32 Å². The third-order valence-corrected chi connectivity index (χ3v) is 5.61. The number of hydrogen-bond acceptors (Lipinski definition) is 2. The van der Waals surface area contributed by atoms with Crippen molar-refractivity contribution in [1.82, 2.24) is 5.32 Å². The van der Waals surface area contributed by atoms with Gasteiger partial charge in [-0.3, -0.25) is 0 Å². The molecule has 0 aromatic carbocycles. The molecule has 1 atom stereocenters. The minimum Gasteiger partial charge on any atom is -0.313 e. The molecule has 94 valence electrons. The van der Waals surface area contributed by atoms with Gasteiger partial charge < -0.3 is 5.32 Å². The minimum absolute atomic E-state index is 0.822. The van der Waals surface area contributed by atoms with E-state index in [4.69, 9.17) is 0 Å². The van der Waals surface area contributed by atoms with Crippen LogP contribution in [0.3, 0.4) is 0 Å². The van der Waals surface area contributed by atoms with E-state index in [1.165, 1.54) is 63.0 Å². The first kappa shape index (κ1) is 12.8. The first-order valence-corrected chi connectivity index (χ1v) is 8.35. The van der Waals surface area contributed by atoms with E-state index in [0.29, 0.717) is 0 Å². The van der Waals surface area contributed by atoms with E-state index in [9.17, 15) is 0 Å². The molecule has 1 saturated heterocycles. The predicted octanol–water partition coefficient (Wildman–Crippen LogP) is 3.69. The third-order valence-electron chi connectivity index (χ3n) is 4.40. The van der Waals surface area contributed by atoms with Crippen LogP contribution in [0.2, 0.25) is 0 Å². The molecule has 0 radical (unpaired) electrons. The number of thioether (sulfide) groups is 1. The fraction of sp³-hybridized carbons (Fsp3) is 1.00. The Morgan fingerprint density at radius 1 is 1.06 bits per heavy atom. The van der Waals surface area contributed by atoms with Crippen LogP contribution >= 0.6 is 11.8 Å². The quantitative estimate of drug-likeness (QED) is 0.805. The molecular weight excluding hydrogens is 214 g/mol. The summed E-state index contributed by atoms with van der Waals surface area (Å²) in [5.74, 6) is 4.76. The van der Waals surface area contributed by atoms with Crippen LogP contribution in [-0.2, 0) is 0 Å². The molecule has 0 spiro atoms. The highest BCUT2D eigenvalue weighted by atomic mass is 32.2. The van der Waals surface area contributed by atoms with Gasteiger partial charge in [0.05, 0.1) is 0 Å². The molecule has 1 unspecified atom stereocenters. The predicted molar refractivity (Wildman–Crippen MR) is 74.1 cm³/mol. The van der Waals surface area contributed by atoms with E-state index in [1.54, 1.807) is 0 Å². The Labute approximate surface area is 105 Å². The van der Waals surface area contributed by atoms with Crippen molar-refractivity contribution >= 4 is 11.8 Å². The fourth-order valence-corrected chi connectivity index (χ4v) is 4.19. The van der Waals surface area contributed by atoms with Gasteiger partial charge in [-0.05, 0) is 49.8 Å². The van der Waals surface area contributed by atoms with E-state index >= 15 is 0 Å². The summed E-state index contributed by atoms with van der Waals surface area (Å²) < 4.78 is 0. The lowest BCUT2D eigenvalue weighted by Gasteiger charge is -2.30. The summed E-state index contributed by atoms with van der Waals surface area (Å²) in [5.41, 5.74) is 0. The fourth-order valence-electron chi connectivity index (χ4n) is 3.08. The van der Waals surface area contributed by atoms with E-state index in [2.05, 4.69) is 24.0 Å². The molecule has 1 heterocycles. The highest BCUT2D eigenvalue weighted by Crippen LogP contribution is 2.30. The maximum atomic E-state index is 3.80.